The van der Waals surface area contributed by atoms with Gasteiger partial charge in [-0.05, 0) is 65.2 Å². The molecule has 0 fully saturated rings. The van der Waals surface area contributed by atoms with Crippen LogP contribution in [0, 0.1) is 26.0 Å². The molecule has 0 aliphatic heterocycles. The molecular weight excluding hydrogens is 815 g/mol. The maximum Gasteiger partial charge on any atom is 0.0774 e. The molecule has 263 valence electrons. The van der Waals surface area contributed by atoms with Crippen molar-refractivity contribution in [2.24, 2.45) is 0 Å². The molecule has 5 aromatic carbocycles. The van der Waals surface area contributed by atoms with Gasteiger partial charge in [-0.25, -0.2) is 0 Å². The van der Waals surface area contributed by atoms with Gasteiger partial charge in [-0.1, -0.05) is 136 Å². The van der Waals surface area contributed by atoms with Crippen LogP contribution >= 0.6 is 0 Å². The van der Waals surface area contributed by atoms with Crippen LogP contribution in [0.1, 0.15) is 81.1 Å². The normalized spacial score (nSPS) is 13.3. The molecule has 4 nitrogen and oxygen atoms in total. The SMILES string of the molecule is CC(C)c1cccc(C(C)C)c1-n1c(-c2[c-]oc3cc(Cc4ccccc4)ccc23)nc2ccccc21.[2H]C([2H])([2H])c1c[c-]c(-c2ccc(C([2H])([2H])[2H])cn2)cc1.[Ir]. The van der Waals surface area contributed by atoms with Crippen molar-refractivity contribution in [1.82, 2.24) is 14.5 Å². The molecule has 0 aliphatic rings. The van der Waals surface area contributed by atoms with E-state index in [1.807, 2.05) is 6.07 Å². The molecule has 0 atom stereocenters. The van der Waals surface area contributed by atoms with Gasteiger partial charge in [0.25, 0.3) is 0 Å². The molecule has 0 N–H and O–H groups in total. The van der Waals surface area contributed by atoms with Crippen molar-refractivity contribution in [2.45, 2.75) is 59.7 Å². The summed E-state index contributed by atoms with van der Waals surface area (Å²) in [6, 6.07) is 42.5. The summed E-state index contributed by atoms with van der Waals surface area (Å²) in [5, 5.41) is 1.03. The van der Waals surface area contributed by atoms with Crippen LogP contribution in [0.15, 0.2) is 132 Å². The van der Waals surface area contributed by atoms with Gasteiger partial charge in [-0.3, -0.25) is 4.98 Å². The Bertz CT molecular complexity index is 2540. The van der Waals surface area contributed by atoms with E-state index in [1.165, 1.54) is 52.3 Å². The Hall–Kier alpha value is -5.09. The largest absolute Gasteiger partial charge is 0.557 e. The zero-order valence-electron chi connectivity index (χ0n) is 35.6. The Morgan fingerprint density at radius 3 is 2.15 bits per heavy atom. The van der Waals surface area contributed by atoms with Crippen LogP contribution in [0.5, 0.6) is 0 Å². The van der Waals surface area contributed by atoms with Gasteiger partial charge in [0.1, 0.15) is 0 Å². The second-order valence-electron chi connectivity index (χ2n) is 13.3. The monoisotopic (exact) mass is 864 g/mol. The minimum Gasteiger partial charge on any atom is -0.557 e. The number of aromatic nitrogens is 3. The summed E-state index contributed by atoms with van der Waals surface area (Å²) < 4.78 is 52.0. The maximum absolute atomic E-state index is 7.28. The van der Waals surface area contributed by atoms with Crippen molar-refractivity contribution >= 4 is 22.0 Å². The summed E-state index contributed by atoms with van der Waals surface area (Å²) >= 11 is 0. The molecule has 1 radical (unpaired) electrons. The van der Waals surface area contributed by atoms with E-state index in [9.17, 15) is 0 Å². The van der Waals surface area contributed by atoms with E-state index in [0.717, 1.165) is 39.8 Å². The molecule has 8 aromatic rings. The van der Waals surface area contributed by atoms with E-state index < -0.39 is 13.7 Å². The first-order valence-electron chi connectivity index (χ1n) is 20.3. The number of hydrogen-bond donors (Lipinski definition) is 0. The van der Waals surface area contributed by atoms with Crippen LogP contribution in [-0.2, 0) is 26.5 Å². The molecule has 5 heteroatoms. The molecule has 0 spiro atoms. The third-order valence-corrected chi connectivity index (χ3v) is 9.03. The quantitative estimate of drug-likeness (QED) is 0.150. The number of fused-ring (bicyclic) bond motifs is 2. The smallest absolute Gasteiger partial charge is 0.0774 e. The van der Waals surface area contributed by atoms with E-state index >= 15 is 0 Å². The van der Waals surface area contributed by atoms with Gasteiger partial charge in [0, 0.05) is 52.1 Å². The number of furan rings is 1. The summed E-state index contributed by atoms with van der Waals surface area (Å²) in [4.78, 5) is 9.22. The molecule has 0 aliphatic carbocycles. The molecule has 8 rings (SSSR count). The zero-order chi connectivity index (χ0) is 40.5. The first-order valence-corrected chi connectivity index (χ1v) is 17.3. The zero-order valence-corrected chi connectivity index (χ0v) is 32.0. The van der Waals surface area contributed by atoms with Crippen molar-refractivity contribution in [1.29, 1.82) is 0 Å². The fourth-order valence-corrected chi connectivity index (χ4v) is 6.45. The van der Waals surface area contributed by atoms with Crippen LogP contribution in [0.4, 0.5) is 0 Å². The molecule has 52 heavy (non-hydrogen) atoms. The van der Waals surface area contributed by atoms with Crippen molar-refractivity contribution < 1.29 is 32.7 Å². The summed E-state index contributed by atoms with van der Waals surface area (Å²) in [5.41, 5.74) is 11.7. The first kappa shape index (κ1) is 29.5. The number of aryl methyl sites for hydroxylation is 2. The third kappa shape index (κ3) is 7.72. The van der Waals surface area contributed by atoms with Crippen molar-refractivity contribution in [3.8, 4) is 28.3 Å². The van der Waals surface area contributed by atoms with E-state index in [-0.39, 0.29) is 31.2 Å². The Labute approximate surface area is 329 Å². The fourth-order valence-electron chi connectivity index (χ4n) is 6.45. The van der Waals surface area contributed by atoms with Crippen LogP contribution in [0.25, 0.3) is 50.3 Å². The molecule has 0 bridgehead atoms. The van der Waals surface area contributed by atoms with Crippen LogP contribution in [0.2, 0.25) is 0 Å². The average Bonchev–Trinajstić information content (AvgIpc) is 3.79. The van der Waals surface area contributed by atoms with Gasteiger partial charge in [-0.2, -0.15) is 0 Å². The third-order valence-electron chi connectivity index (χ3n) is 9.03. The Balaban J connectivity index is 0.000000230. The molecule has 3 heterocycles. The van der Waals surface area contributed by atoms with Crippen molar-refractivity contribution in [2.75, 3.05) is 0 Å². The van der Waals surface area contributed by atoms with Gasteiger partial charge in [-0.15, -0.1) is 41.5 Å². The minimum absolute atomic E-state index is 0. The molecule has 0 unspecified atom stereocenters. The van der Waals surface area contributed by atoms with Crippen LogP contribution in [0.3, 0.4) is 0 Å². The number of benzene rings is 5. The standard InChI is InChI=1S/C34H31N2O.C13H12N.Ir/c1-22(2)26-13-10-14-27(23(3)4)33(26)36-31-16-9-8-15-30(31)35-34(36)29-21-37-32-20-25(17-18-28(29)32)19-24-11-6-5-7-12-24;1-10-3-6-12(7-4-10)13-8-5-11(2)9-14-13;/h5-18,20,22-23H,19H2,1-4H3;3-6,8-9H,1-2H3;/q2*-1;/i;1D3,2D3;. The summed E-state index contributed by atoms with van der Waals surface area (Å²) in [5.74, 6) is 1.60. The predicted molar refractivity (Wildman–Crippen MR) is 211 cm³/mol. The number of imidazole rings is 1. The Morgan fingerprint density at radius 1 is 0.750 bits per heavy atom. The van der Waals surface area contributed by atoms with Crippen molar-refractivity contribution in [3.05, 3.63) is 173 Å². The molecular formula is C47H43IrN3O-2. The summed E-state index contributed by atoms with van der Waals surface area (Å²) in [6.45, 7) is 4.70. The molecule has 3 aromatic heterocycles. The van der Waals surface area contributed by atoms with Gasteiger partial charge in [0.2, 0.25) is 0 Å². The summed E-state index contributed by atoms with van der Waals surface area (Å²) in [7, 11) is 0. The Kier molecular flexibility index (Phi) is 9.11. The number of rotatable bonds is 7. The number of pyridine rings is 1. The van der Waals surface area contributed by atoms with E-state index in [4.69, 9.17) is 17.6 Å². The first-order chi connectivity index (χ1) is 27.2. The predicted octanol–water partition coefficient (Wildman–Crippen LogP) is 12.2. The van der Waals surface area contributed by atoms with E-state index in [2.05, 4.69) is 135 Å². The second kappa shape index (κ2) is 16.1. The second-order valence-corrected chi connectivity index (χ2v) is 13.3. The summed E-state index contributed by atoms with van der Waals surface area (Å²) in [6.07, 6.45) is 5.40. The molecule has 0 amide bonds. The van der Waals surface area contributed by atoms with Crippen LogP contribution < -0.4 is 0 Å². The number of para-hydroxylation sites is 3. The average molecular weight is 864 g/mol. The number of nitrogens with zero attached hydrogens (tertiary/aromatic N) is 3. The maximum atomic E-state index is 7.28. The van der Waals surface area contributed by atoms with E-state index in [0.29, 0.717) is 23.1 Å². The van der Waals surface area contributed by atoms with Gasteiger partial charge in [0.05, 0.1) is 16.9 Å². The molecule has 0 saturated carbocycles. The topological polar surface area (TPSA) is 43.9 Å². The number of hydrogen-bond acceptors (Lipinski definition) is 3. The van der Waals surface area contributed by atoms with E-state index in [1.54, 1.807) is 12.1 Å². The van der Waals surface area contributed by atoms with Crippen LogP contribution in [-0.4, -0.2) is 14.5 Å². The van der Waals surface area contributed by atoms with Crippen molar-refractivity contribution in [3.63, 3.8) is 0 Å². The minimum atomic E-state index is -2.18. The Morgan fingerprint density at radius 2 is 1.48 bits per heavy atom. The van der Waals surface area contributed by atoms with Gasteiger partial charge in [0.15, 0.2) is 0 Å². The fraction of sp³-hybridized carbons (Fsp3) is 0.191. The molecule has 0 saturated heterocycles. The van der Waals surface area contributed by atoms with Gasteiger partial charge < -0.3 is 14.0 Å². The van der Waals surface area contributed by atoms with Gasteiger partial charge >= 0.3 is 0 Å².